The molecule has 0 aliphatic rings. The van der Waals surface area contributed by atoms with Gasteiger partial charge in [-0.2, -0.15) is 5.10 Å². The maximum Gasteiger partial charge on any atom is 0.246 e. The zero-order valence-electron chi connectivity index (χ0n) is 15.9. The molecule has 0 radical (unpaired) electrons. The Morgan fingerprint density at radius 2 is 1.69 bits per heavy atom. The molecule has 3 N–H and O–H groups in total. The van der Waals surface area contributed by atoms with Crippen LogP contribution >= 0.6 is 0 Å². The molecule has 144 valence electrons. The number of benzene rings is 3. The Morgan fingerprint density at radius 3 is 2.41 bits per heavy atom. The third kappa shape index (κ3) is 3.23. The first kappa shape index (κ1) is 18.4. The molecule has 0 fully saturated rings. The van der Waals surface area contributed by atoms with Gasteiger partial charge >= 0.3 is 0 Å². The number of nitrogens with zero attached hydrogens (tertiary/aromatic N) is 4. The Balaban J connectivity index is 1.81. The molecule has 29 heavy (non-hydrogen) atoms. The molecule has 1 heterocycles. The van der Waals surface area contributed by atoms with E-state index in [9.17, 15) is 4.79 Å². The number of hydrogen-bond acceptors (Lipinski definition) is 4. The van der Waals surface area contributed by atoms with E-state index in [0.717, 1.165) is 27.5 Å². The molecule has 0 atom stereocenters. The highest BCUT2D eigenvalue weighted by molar-refractivity contribution is 6.12. The maximum atomic E-state index is 13.0. The second-order valence-corrected chi connectivity index (χ2v) is 6.69. The molecule has 0 aliphatic carbocycles. The van der Waals surface area contributed by atoms with E-state index < -0.39 is 0 Å². The van der Waals surface area contributed by atoms with Crippen molar-refractivity contribution in [3.63, 3.8) is 0 Å². The molecule has 0 aliphatic heterocycles. The molecule has 0 spiro atoms. The Morgan fingerprint density at radius 1 is 1.00 bits per heavy atom. The number of carbonyl (C=O) groups excluding carboxylic acids is 1. The van der Waals surface area contributed by atoms with Crippen LogP contribution in [0.3, 0.4) is 0 Å². The minimum atomic E-state index is -0.0201. The predicted molar refractivity (Wildman–Crippen MR) is 115 cm³/mol. The van der Waals surface area contributed by atoms with Crippen molar-refractivity contribution in [3.8, 4) is 0 Å². The van der Waals surface area contributed by atoms with Crippen molar-refractivity contribution in [1.29, 1.82) is 5.53 Å². The molecule has 4 rings (SSSR count). The fourth-order valence-corrected chi connectivity index (χ4v) is 3.57. The van der Waals surface area contributed by atoms with E-state index in [2.05, 4.69) is 10.2 Å². The van der Waals surface area contributed by atoms with E-state index in [1.807, 2.05) is 77.4 Å². The van der Waals surface area contributed by atoms with Crippen LogP contribution in [0.15, 0.2) is 83.0 Å². The lowest BCUT2D eigenvalue weighted by molar-refractivity contribution is -0.118. The van der Waals surface area contributed by atoms with E-state index in [4.69, 9.17) is 11.4 Å². The zero-order valence-corrected chi connectivity index (χ0v) is 15.9. The van der Waals surface area contributed by atoms with Crippen molar-refractivity contribution >= 4 is 39.2 Å². The number of carbonyl (C=O) groups is 1. The monoisotopic (exact) mass is 384 g/mol. The van der Waals surface area contributed by atoms with Crippen LogP contribution in [0.1, 0.15) is 5.56 Å². The smallest absolute Gasteiger partial charge is 0.246 e. The van der Waals surface area contributed by atoms with Gasteiger partial charge in [-0.15, -0.1) is 5.11 Å². The van der Waals surface area contributed by atoms with Gasteiger partial charge in [0.05, 0.1) is 0 Å². The summed E-state index contributed by atoms with van der Waals surface area (Å²) in [5.41, 5.74) is 10.6. The summed E-state index contributed by atoms with van der Waals surface area (Å²) in [5.74, 6) is 5.49. The summed E-state index contributed by atoms with van der Waals surface area (Å²) >= 11 is 0. The minimum Gasteiger partial charge on any atom is -0.331 e. The van der Waals surface area contributed by atoms with Gasteiger partial charge in [-0.25, -0.2) is 5.53 Å². The van der Waals surface area contributed by atoms with Gasteiger partial charge in [0.25, 0.3) is 0 Å². The van der Waals surface area contributed by atoms with Crippen LogP contribution in [0.4, 0.5) is 5.69 Å². The van der Waals surface area contributed by atoms with E-state index >= 15 is 0 Å². The molecule has 7 nitrogen and oxygen atoms in total. The molecule has 7 heteroatoms. The van der Waals surface area contributed by atoms with Crippen molar-refractivity contribution in [3.05, 3.63) is 78.4 Å². The van der Waals surface area contributed by atoms with Crippen molar-refractivity contribution in [2.45, 2.75) is 6.54 Å². The largest absolute Gasteiger partial charge is 0.331 e. The number of aromatic nitrogens is 1. The number of para-hydroxylation sites is 2. The third-order valence-electron chi connectivity index (χ3n) is 5.07. The van der Waals surface area contributed by atoms with E-state index in [1.54, 1.807) is 11.9 Å². The van der Waals surface area contributed by atoms with Crippen LogP contribution < -0.4 is 10.7 Å². The summed E-state index contributed by atoms with van der Waals surface area (Å²) in [5, 5.41) is 8.92. The molecule has 3 aromatic carbocycles. The standard InChI is InChI=1S/C22H20N6O/c1-27(16-7-3-2-4-8-16)21(29)14-28-19-10-6-5-9-17(19)18-13-15(11-12-20(18)28)22(25-23)26-24/h2-13,23H,14,24H2,1H3/b25-23?,26-22-. The van der Waals surface area contributed by atoms with Crippen LogP contribution in [0.2, 0.25) is 0 Å². The number of nitrogens with two attached hydrogens (primary N) is 1. The van der Waals surface area contributed by atoms with E-state index in [1.165, 1.54) is 0 Å². The fourth-order valence-electron chi connectivity index (χ4n) is 3.57. The summed E-state index contributed by atoms with van der Waals surface area (Å²) in [6.45, 7) is 0.204. The number of hydrogen-bond donors (Lipinski definition) is 2. The number of nitrogens with one attached hydrogen (secondary N) is 1. The maximum absolute atomic E-state index is 13.0. The number of hydrazone groups is 1. The highest BCUT2D eigenvalue weighted by Crippen LogP contribution is 2.30. The van der Waals surface area contributed by atoms with Crippen molar-refractivity contribution < 1.29 is 4.79 Å². The van der Waals surface area contributed by atoms with Crippen molar-refractivity contribution in [2.24, 2.45) is 16.1 Å². The van der Waals surface area contributed by atoms with Crippen LogP contribution in [0, 0.1) is 5.53 Å². The molecule has 4 aromatic rings. The van der Waals surface area contributed by atoms with Gasteiger partial charge < -0.3 is 15.3 Å². The van der Waals surface area contributed by atoms with Gasteiger partial charge in [-0.3, -0.25) is 4.79 Å². The van der Waals surface area contributed by atoms with Crippen molar-refractivity contribution in [2.75, 3.05) is 11.9 Å². The summed E-state index contributed by atoms with van der Waals surface area (Å²) in [6, 6.07) is 23.1. The van der Waals surface area contributed by atoms with Gasteiger partial charge in [0.1, 0.15) is 6.54 Å². The Bertz CT molecular complexity index is 1240. The van der Waals surface area contributed by atoms with E-state index in [-0.39, 0.29) is 18.3 Å². The first-order valence-corrected chi connectivity index (χ1v) is 9.12. The molecular formula is C22H20N6O. The molecule has 1 amide bonds. The molecule has 1 aromatic heterocycles. The van der Waals surface area contributed by atoms with Crippen LogP contribution in [0.25, 0.3) is 21.8 Å². The molecular weight excluding hydrogens is 364 g/mol. The summed E-state index contributed by atoms with van der Waals surface area (Å²) in [7, 11) is 1.78. The van der Waals surface area contributed by atoms with Gasteiger partial charge in [0, 0.05) is 40.1 Å². The van der Waals surface area contributed by atoms with Gasteiger partial charge in [0.15, 0.2) is 5.84 Å². The number of fused-ring (bicyclic) bond motifs is 3. The second-order valence-electron chi connectivity index (χ2n) is 6.69. The van der Waals surface area contributed by atoms with E-state index in [0.29, 0.717) is 5.56 Å². The SMILES string of the molecule is CN(C(=O)Cn1c2ccccc2c2cc(/C(N=N)=N/N)ccc21)c1ccccc1. The Labute approximate surface area is 167 Å². The molecule has 0 bridgehead atoms. The van der Waals surface area contributed by atoms with Crippen molar-refractivity contribution in [1.82, 2.24) is 4.57 Å². The molecule has 0 saturated heterocycles. The summed E-state index contributed by atoms with van der Waals surface area (Å²) in [6.07, 6.45) is 0. The average Bonchev–Trinajstić information content (AvgIpc) is 3.08. The molecule has 0 unspecified atom stereocenters. The molecule has 0 saturated carbocycles. The summed E-state index contributed by atoms with van der Waals surface area (Å²) < 4.78 is 2.01. The van der Waals surface area contributed by atoms with Crippen LogP contribution in [-0.2, 0) is 11.3 Å². The zero-order chi connectivity index (χ0) is 20.4. The second kappa shape index (κ2) is 7.55. The fraction of sp³-hybridized carbons (Fsp3) is 0.0909. The van der Waals surface area contributed by atoms with Crippen LogP contribution in [-0.4, -0.2) is 23.4 Å². The lowest BCUT2D eigenvalue weighted by atomic mass is 10.1. The number of amidine groups is 1. The lowest BCUT2D eigenvalue weighted by Crippen LogP contribution is -2.29. The highest BCUT2D eigenvalue weighted by atomic mass is 16.2. The first-order valence-electron chi connectivity index (χ1n) is 9.12. The average molecular weight is 384 g/mol. The normalized spacial score (nSPS) is 11.7. The quantitative estimate of drug-likeness (QED) is 0.182. The first-order chi connectivity index (χ1) is 14.1. The number of likely N-dealkylation sites (N-methyl/N-ethyl adjacent to an activating group) is 1. The van der Waals surface area contributed by atoms with Crippen LogP contribution in [0.5, 0.6) is 0 Å². The van der Waals surface area contributed by atoms with Gasteiger partial charge in [0.2, 0.25) is 5.91 Å². The topological polar surface area (TPSA) is 99.8 Å². The Hall–Kier alpha value is -4.00. The minimum absolute atomic E-state index is 0.0201. The lowest BCUT2D eigenvalue weighted by Gasteiger charge is -2.18. The number of anilines is 1. The summed E-state index contributed by atoms with van der Waals surface area (Å²) in [4.78, 5) is 14.7. The number of amides is 1. The number of rotatable bonds is 4. The van der Waals surface area contributed by atoms with Gasteiger partial charge in [-0.1, -0.05) is 36.4 Å². The predicted octanol–water partition coefficient (Wildman–Crippen LogP) is 4.11. The third-order valence-corrected chi connectivity index (χ3v) is 5.07. The van der Waals surface area contributed by atoms with Gasteiger partial charge in [-0.05, 0) is 36.4 Å². The Kier molecular flexibility index (Phi) is 4.78. The highest BCUT2D eigenvalue weighted by Gasteiger charge is 2.17.